The highest BCUT2D eigenvalue weighted by Crippen LogP contribution is 2.27. The standard InChI is InChI=1S/C20H26BrN3O5S/c1-11(2)28-16-6-5-13(9-14(16)21)18(26)23-20(30)24-8-7-22-19(27)15(24)10-17(25)29-12(3)4/h5-6,9,11-12,15H,7-8,10H2,1-4H3,(H,22,27)(H,23,26,30). The summed E-state index contributed by atoms with van der Waals surface area (Å²) in [5, 5.41) is 5.43. The number of carbonyl (C=O) groups is 3. The van der Waals surface area contributed by atoms with Gasteiger partial charge in [-0.25, -0.2) is 0 Å². The van der Waals surface area contributed by atoms with Crippen molar-refractivity contribution in [3.05, 3.63) is 28.2 Å². The van der Waals surface area contributed by atoms with Crippen LogP contribution in [0.2, 0.25) is 0 Å². The summed E-state index contributed by atoms with van der Waals surface area (Å²) in [6, 6.07) is 4.11. The van der Waals surface area contributed by atoms with E-state index in [2.05, 4.69) is 26.6 Å². The van der Waals surface area contributed by atoms with Crippen LogP contribution in [-0.4, -0.2) is 59.1 Å². The largest absolute Gasteiger partial charge is 0.490 e. The van der Waals surface area contributed by atoms with Gasteiger partial charge in [-0.15, -0.1) is 0 Å². The van der Waals surface area contributed by atoms with Crippen LogP contribution in [0.15, 0.2) is 22.7 Å². The highest BCUT2D eigenvalue weighted by Gasteiger charge is 2.34. The summed E-state index contributed by atoms with van der Waals surface area (Å²) in [5.41, 5.74) is 0.373. The van der Waals surface area contributed by atoms with Gasteiger partial charge in [-0.1, -0.05) is 0 Å². The molecule has 1 fully saturated rings. The van der Waals surface area contributed by atoms with Gasteiger partial charge in [0.05, 0.1) is 23.1 Å². The molecule has 1 aliphatic heterocycles. The summed E-state index contributed by atoms with van der Waals surface area (Å²) in [6.07, 6.45) is -0.448. The molecule has 2 amide bonds. The van der Waals surface area contributed by atoms with E-state index >= 15 is 0 Å². The Morgan fingerprint density at radius 3 is 2.60 bits per heavy atom. The lowest BCUT2D eigenvalue weighted by atomic mass is 10.1. The highest BCUT2D eigenvalue weighted by molar-refractivity contribution is 9.10. The Morgan fingerprint density at radius 2 is 2.00 bits per heavy atom. The van der Waals surface area contributed by atoms with E-state index in [1.807, 2.05) is 13.8 Å². The third-order valence-electron chi connectivity index (χ3n) is 4.10. The van der Waals surface area contributed by atoms with Gasteiger partial charge in [0.15, 0.2) is 5.11 Å². The first-order valence-corrected chi connectivity index (χ1v) is 10.8. The molecule has 1 saturated heterocycles. The van der Waals surface area contributed by atoms with Crippen LogP contribution in [0.4, 0.5) is 0 Å². The first-order valence-electron chi connectivity index (χ1n) is 9.63. The number of hydrogen-bond donors (Lipinski definition) is 2. The topological polar surface area (TPSA) is 97.0 Å². The Hall–Kier alpha value is -2.20. The summed E-state index contributed by atoms with van der Waals surface area (Å²) in [4.78, 5) is 38.6. The van der Waals surface area contributed by atoms with E-state index in [-0.39, 0.29) is 29.6 Å². The molecule has 1 heterocycles. The third-order valence-corrected chi connectivity index (χ3v) is 5.05. The Balaban J connectivity index is 2.08. The lowest BCUT2D eigenvalue weighted by Crippen LogP contribution is -2.60. The molecule has 1 atom stereocenters. The number of nitrogens with zero attached hydrogens (tertiary/aromatic N) is 1. The predicted molar refractivity (Wildman–Crippen MR) is 119 cm³/mol. The quantitative estimate of drug-likeness (QED) is 0.458. The van der Waals surface area contributed by atoms with E-state index in [1.54, 1.807) is 36.9 Å². The smallest absolute Gasteiger partial charge is 0.308 e. The molecule has 1 unspecified atom stereocenters. The number of ether oxygens (including phenoxy) is 2. The van der Waals surface area contributed by atoms with Gasteiger partial charge in [0.1, 0.15) is 11.8 Å². The molecule has 0 radical (unpaired) electrons. The normalized spacial score (nSPS) is 16.3. The average molecular weight is 500 g/mol. The molecule has 0 aliphatic carbocycles. The maximum atomic E-state index is 12.7. The van der Waals surface area contributed by atoms with Crippen molar-refractivity contribution in [3.63, 3.8) is 0 Å². The molecule has 8 nitrogen and oxygen atoms in total. The van der Waals surface area contributed by atoms with Crippen molar-refractivity contribution in [2.75, 3.05) is 13.1 Å². The van der Waals surface area contributed by atoms with E-state index in [4.69, 9.17) is 21.7 Å². The Kier molecular flexibility index (Phi) is 8.60. The molecular formula is C20H26BrN3O5S. The van der Waals surface area contributed by atoms with E-state index in [9.17, 15) is 14.4 Å². The summed E-state index contributed by atoms with van der Waals surface area (Å²) in [6.45, 7) is 8.02. The van der Waals surface area contributed by atoms with Gasteiger partial charge in [-0.05, 0) is 74.0 Å². The van der Waals surface area contributed by atoms with Crippen molar-refractivity contribution in [1.82, 2.24) is 15.5 Å². The molecule has 1 aliphatic rings. The minimum atomic E-state index is -0.841. The van der Waals surface area contributed by atoms with Crippen LogP contribution in [0.1, 0.15) is 44.5 Å². The molecule has 1 aromatic rings. The number of thiocarbonyl (C=S) groups is 1. The summed E-state index contributed by atoms with van der Waals surface area (Å²) < 4.78 is 11.4. The summed E-state index contributed by atoms with van der Waals surface area (Å²) in [5.74, 6) is -0.640. The van der Waals surface area contributed by atoms with E-state index in [0.717, 1.165) is 0 Å². The number of nitrogens with one attached hydrogen (secondary N) is 2. The molecule has 30 heavy (non-hydrogen) atoms. The van der Waals surface area contributed by atoms with E-state index in [1.165, 1.54) is 0 Å². The molecule has 0 bridgehead atoms. The number of halogens is 1. The molecular weight excluding hydrogens is 474 g/mol. The summed E-state index contributed by atoms with van der Waals surface area (Å²) in [7, 11) is 0. The summed E-state index contributed by atoms with van der Waals surface area (Å²) >= 11 is 8.76. The lowest BCUT2D eigenvalue weighted by molar-refractivity contribution is -0.150. The van der Waals surface area contributed by atoms with Crippen LogP contribution < -0.4 is 15.4 Å². The number of rotatable bonds is 6. The van der Waals surface area contributed by atoms with Gasteiger partial charge in [0.25, 0.3) is 5.91 Å². The molecule has 0 spiro atoms. The number of amides is 2. The predicted octanol–water partition coefficient (Wildman–Crippen LogP) is 2.39. The van der Waals surface area contributed by atoms with Crippen LogP contribution in [0.5, 0.6) is 5.75 Å². The van der Waals surface area contributed by atoms with Gasteiger partial charge in [0, 0.05) is 18.7 Å². The molecule has 10 heteroatoms. The molecule has 1 aromatic carbocycles. The van der Waals surface area contributed by atoms with Crippen LogP contribution >= 0.6 is 28.1 Å². The van der Waals surface area contributed by atoms with Gasteiger partial charge >= 0.3 is 5.97 Å². The highest BCUT2D eigenvalue weighted by atomic mass is 79.9. The van der Waals surface area contributed by atoms with E-state index < -0.39 is 17.9 Å². The SMILES string of the molecule is CC(C)OC(=O)CC1C(=O)NCCN1C(=S)NC(=O)c1ccc(OC(C)C)c(Br)c1. The minimum absolute atomic E-state index is 0.00174. The minimum Gasteiger partial charge on any atom is -0.490 e. The van der Waals surface area contributed by atoms with Crippen molar-refractivity contribution in [2.45, 2.75) is 52.4 Å². The van der Waals surface area contributed by atoms with Crippen molar-refractivity contribution < 1.29 is 23.9 Å². The average Bonchev–Trinajstić information content (AvgIpc) is 2.63. The Morgan fingerprint density at radius 1 is 1.30 bits per heavy atom. The number of esters is 1. The second-order valence-electron chi connectivity index (χ2n) is 7.31. The van der Waals surface area contributed by atoms with Crippen molar-refractivity contribution in [3.8, 4) is 5.75 Å². The van der Waals surface area contributed by atoms with Crippen LogP contribution in [-0.2, 0) is 14.3 Å². The zero-order chi connectivity index (χ0) is 22.4. The van der Waals surface area contributed by atoms with Crippen molar-refractivity contribution >= 4 is 51.0 Å². The second-order valence-corrected chi connectivity index (χ2v) is 8.56. The molecule has 0 aromatic heterocycles. The zero-order valence-electron chi connectivity index (χ0n) is 17.4. The van der Waals surface area contributed by atoms with E-state index in [0.29, 0.717) is 28.9 Å². The van der Waals surface area contributed by atoms with Gasteiger partial charge in [0.2, 0.25) is 5.91 Å². The molecule has 0 saturated carbocycles. The first kappa shape index (κ1) is 24.1. The van der Waals surface area contributed by atoms with Crippen molar-refractivity contribution in [1.29, 1.82) is 0 Å². The van der Waals surface area contributed by atoms with Crippen molar-refractivity contribution in [2.24, 2.45) is 0 Å². The van der Waals surface area contributed by atoms with Gasteiger partial charge < -0.3 is 19.7 Å². The Labute approximate surface area is 189 Å². The molecule has 164 valence electrons. The van der Waals surface area contributed by atoms with Crippen LogP contribution in [0.25, 0.3) is 0 Å². The van der Waals surface area contributed by atoms with Gasteiger partial charge in [-0.2, -0.15) is 0 Å². The molecule has 2 N–H and O–H groups in total. The molecule has 2 rings (SSSR count). The number of carbonyl (C=O) groups excluding carboxylic acids is 3. The monoisotopic (exact) mass is 499 g/mol. The Bertz CT molecular complexity index is 831. The number of piperazine rings is 1. The fraction of sp³-hybridized carbons (Fsp3) is 0.500. The maximum Gasteiger partial charge on any atom is 0.308 e. The van der Waals surface area contributed by atoms with Gasteiger partial charge in [-0.3, -0.25) is 19.7 Å². The number of hydrogen-bond acceptors (Lipinski definition) is 6. The first-order chi connectivity index (χ1) is 14.1. The number of benzene rings is 1. The maximum absolute atomic E-state index is 12.7. The van der Waals surface area contributed by atoms with Crippen LogP contribution in [0, 0.1) is 0 Å². The fourth-order valence-electron chi connectivity index (χ4n) is 2.86. The lowest BCUT2D eigenvalue weighted by Gasteiger charge is -2.36. The zero-order valence-corrected chi connectivity index (χ0v) is 19.8. The second kappa shape index (κ2) is 10.7. The van der Waals surface area contributed by atoms with Crippen LogP contribution in [0.3, 0.4) is 0 Å². The fourth-order valence-corrected chi connectivity index (χ4v) is 3.65. The third kappa shape index (κ3) is 6.66.